The van der Waals surface area contributed by atoms with Gasteiger partial charge in [-0.25, -0.2) is 12.7 Å². The smallest absolute Gasteiger partial charge is 0.244 e. The molecular formula is C14H23N3O3S. The standard InChI is InChI=1S/C14H23N3O3S/c1-10-7-8-17(12(10)9-18)11-5-4-6-13(14(11)15)21(19,20)16(2)3/h4-6,10,12,18H,7-9,15H2,1-3H3. The number of para-hydroxylation sites is 1. The van der Waals surface area contributed by atoms with Crippen molar-refractivity contribution >= 4 is 21.4 Å². The third-order valence-corrected chi connectivity index (χ3v) is 6.05. The summed E-state index contributed by atoms with van der Waals surface area (Å²) in [7, 11) is -0.614. The van der Waals surface area contributed by atoms with Gasteiger partial charge in [0.15, 0.2) is 0 Å². The topological polar surface area (TPSA) is 86.9 Å². The number of rotatable bonds is 4. The van der Waals surface area contributed by atoms with Crippen molar-refractivity contribution in [2.75, 3.05) is 37.9 Å². The van der Waals surface area contributed by atoms with Crippen LogP contribution in [-0.2, 0) is 10.0 Å². The molecule has 0 radical (unpaired) electrons. The molecule has 2 rings (SSSR count). The summed E-state index contributed by atoms with van der Waals surface area (Å²) in [5, 5.41) is 9.57. The van der Waals surface area contributed by atoms with Gasteiger partial charge in [-0.2, -0.15) is 0 Å². The van der Waals surface area contributed by atoms with Crippen molar-refractivity contribution in [1.82, 2.24) is 4.31 Å². The summed E-state index contributed by atoms with van der Waals surface area (Å²) < 4.78 is 25.8. The Hall–Kier alpha value is -1.31. The molecule has 0 spiro atoms. The minimum absolute atomic E-state index is 0.0235. The zero-order chi connectivity index (χ0) is 15.8. The molecule has 0 bridgehead atoms. The number of aliphatic hydroxyl groups is 1. The molecule has 1 fully saturated rings. The molecule has 1 saturated heterocycles. The van der Waals surface area contributed by atoms with Gasteiger partial charge < -0.3 is 15.7 Å². The van der Waals surface area contributed by atoms with Crippen LogP contribution in [0.5, 0.6) is 0 Å². The molecule has 0 saturated carbocycles. The molecule has 1 aliphatic heterocycles. The molecule has 0 amide bonds. The number of hydrogen-bond donors (Lipinski definition) is 2. The Labute approximate surface area is 126 Å². The van der Waals surface area contributed by atoms with Gasteiger partial charge in [-0.3, -0.25) is 0 Å². The van der Waals surface area contributed by atoms with Gasteiger partial charge in [0.25, 0.3) is 0 Å². The normalized spacial score (nSPS) is 23.0. The highest BCUT2D eigenvalue weighted by Gasteiger charge is 2.33. The van der Waals surface area contributed by atoms with Crippen molar-refractivity contribution in [3.63, 3.8) is 0 Å². The number of nitrogen functional groups attached to an aromatic ring is 1. The molecule has 7 heteroatoms. The van der Waals surface area contributed by atoms with Crippen LogP contribution >= 0.6 is 0 Å². The number of anilines is 2. The van der Waals surface area contributed by atoms with Crippen LogP contribution in [0.3, 0.4) is 0 Å². The number of aliphatic hydroxyl groups excluding tert-OH is 1. The Balaban J connectivity index is 2.49. The maximum atomic E-state index is 12.3. The van der Waals surface area contributed by atoms with Crippen molar-refractivity contribution in [3.05, 3.63) is 18.2 Å². The summed E-state index contributed by atoms with van der Waals surface area (Å²) in [6.07, 6.45) is 0.954. The fourth-order valence-corrected chi connectivity index (χ4v) is 3.82. The first-order chi connectivity index (χ1) is 9.80. The van der Waals surface area contributed by atoms with E-state index >= 15 is 0 Å². The van der Waals surface area contributed by atoms with E-state index in [0.717, 1.165) is 17.3 Å². The second kappa shape index (κ2) is 5.82. The van der Waals surface area contributed by atoms with Crippen molar-refractivity contribution < 1.29 is 13.5 Å². The van der Waals surface area contributed by atoms with E-state index < -0.39 is 10.0 Å². The number of benzene rings is 1. The average Bonchev–Trinajstić information content (AvgIpc) is 2.79. The van der Waals surface area contributed by atoms with Gasteiger partial charge in [-0.05, 0) is 24.5 Å². The van der Waals surface area contributed by atoms with E-state index in [-0.39, 0.29) is 23.2 Å². The van der Waals surface area contributed by atoms with Crippen LogP contribution in [0.2, 0.25) is 0 Å². The lowest BCUT2D eigenvalue weighted by molar-refractivity contribution is 0.245. The first-order valence-corrected chi connectivity index (χ1v) is 8.43. The maximum Gasteiger partial charge on any atom is 0.244 e. The fourth-order valence-electron chi connectivity index (χ4n) is 2.79. The highest BCUT2D eigenvalue weighted by atomic mass is 32.2. The number of nitrogens with two attached hydrogens (primary N) is 1. The van der Waals surface area contributed by atoms with Gasteiger partial charge >= 0.3 is 0 Å². The lowest BCUT2D eigenvalue weighted by atomic mass is 10.0. The van der Waals surface area contributed by atoms with Crippen LogP contribution in [0.4, 0.5) is 11.4 Å². The Morgan fingerprint density at radius 2 is 2.10 bits per heavy atom. The van der Waals surface area contributed by atoms with E-state index in [4.69, 9.17) is 5.73 Å². The Morgan fingerprint density at radius 1 is 1.43 bits per heavy atom. The molecule has 6 nitrogen and oxygen atoms in total. The zero-order valence-corrected chi connectivity index (χ0v) is 13.5. The van der Waals surface area contributed by atoms with Crippen LogP contribution in [0, 0.1) is 5.92 Å². The van der Waals surface area contributed by atoms with Crippen LogP contribution < -0.4 is 10.6 Å². The van der Waals surface area contributed by atoms with Gasteiger partial charge in [0, 0.05) is 20.6 Å². The summed E-state index contributed by atoms with van der Waals surface area (Å²) in [6.45, 7) is 2.88. The monoisotopic (exact) mass is 313 g/mol. The summed E-state index contributed by atoms with van der Waals surface area (Å²) in [4.78, 5) is 2.12. The fraction of sp³-hybridized carbons (Fsp3) is 0.571. The van der Waals surface area contributed by atoms with E-state index in [9.17, 15) is 13.5 Å². The largest absolute Gasteiger partial charge is 0.396 e. The summed E-state index contributed by atoms with van der Waals surface area (Å²) in [6, 6.07) is 5.00. The second-order valence-corrected chi connectivity index (χ2v) is 7.81. The summed E-state index contributed by atoms with van der Waals surface area (Å²) in [5.41, 5.74) is 7.05. The molecule has 118 valence electrons. The molecule has 21 heavy (non-hydrogen) atoms. The molecule has 2 atom stereocenters. The molecule has 1 heterocycles. The Kier molecular flexibility index (Phi) is 4.46. The molecule has 1 aliphatic rings. The Bertz CT molecular complexity index is 616. The minimum Gasteiger partial charge on any atom is -0.396 e. The van der Waals surface area contributed by atoms with Crippen LogP contribution in [-0.4, -0.2) is 51.1 Å². The van der Waals surface area contributed by atoms with E-state index in [2.05, 4.69) is 6.92 Å². The average molecular weight is 313 g/mol. The molecule has 0 aliphatic carbocycles. The highest BCUT2D eigenvalue weighted by Crippen LogP contribution is 2.36. The van der Waals surface area contributed by atoms with Crippen LogP contribution in [0.15, 0.2) is 23.1 Å². The first-order valence-electron chi connectivity index (χ1n) is 6.99. The van der Waals surface area contributed by atoms with Crippen LogP contribution in [0.25, 0.3) is 0 Å². The third-order valence-electron chi connectivity index (χ3n) is 4.18. The van der Waals surface area contributed by atoms with Gasteiger partial charge in [-0.1, -0.05) is 13.0 Å². The molecule has 2 unspecified atom stereocenters. The van der Waals surface area contributed by atoms with Crippen molar-refractivity contribution in [1.29, 1.82) is 0 Å². The highest BCUT2D eigenvalue weighted by molar-refractivity contribution is 7.89. The number of hydrogen-bond acceptors (Lipinski definition) is 5. The van der Waals surface area contributed by atoms with E-state index in [1.54, 1.807) is 6.07 Å². The van der Waals surface area contributed by atoms with Gasteiger partial charge in [0.2, 0.25) is 10.0 Å². The maximum absolute atomic E-state index is 12.3. The third kappa shape index (κ3) is 2.73. The van der Waals surface area contributed by atoms with Gasteiger partial charge in [0.05, 0.1) is 24.0 Å². The lowest BCUT2D eigenvalue weighted by Crippen LogP contribution is -2.36. The van der Waals surface area contributed by atoms with Crippen molar-refractivity contribution in [2.24, 2.45) is 5.92 Å². The summed E-state index contributed by atoms with van der Waals surface area (Å²) in [5.74, 6) is 0.350. The molecular weight excluding hydrogens is 290 g/mol. The number of nitrogens with zero attached hydrogens (tertiary/aromatic N) is 2. The lowest BCUT2D eigenvalue weighted by Gasteiger charge is -2.29. The minimum atomic E-state index is -3.58. The van der Waals surface area contributed by atoms with Gasteiger partial charge in [0.1, 0.15) is 4.90 Å². The molecule has 3 N–H and O–H groups in total. The Morgan fingerprint density at radius 3 is 2.67 bits per heavy atom. The first kappa shape index (κ1) is 16.1. The van der Waals surface area contributed by atoms with Gasteiger partial charge in [-0.15, -0.1) is 0 Å². The van der Waals surface area contributed by atoms with Crippen molar-refractivity contribution in [2.45, 2.75) is 24.3 Å². The second-order valence-electron chi connectivity index (χ2n) is 5.69. The number of sulfonamides is 1. The van der Waals surface area contributed by atoms with Crippen LogP contribution in [0.1, 0.15) is 13.3 Å². The molecule has 0 aromatic heterocycles. The van der Waals surface area contributed by atoms with Crippen molar-refractivity contribution in [3.8, 4) is 0 Å². The predicted molar refractivity (Wildman–Crippen MR) is 83.7 cm³/mol. The SMILES string of the molecule is CC1CCN(c2cccc(S(=O)(=O)N(C)C)c2N)C1CO. The zero-order valence-electron chi connectivity index (χ0n) is 12.7. The van der Waals surface area contributed by atoms with E-state index in [1.807, 2.05) is 11.0 Å². The quantitative estimate of drug-likeness (QED) is 0.800. The van der Waals surface area contributed by atoms with E-state index in [1.165, 1.54) is 20.2 Å². The molecule has 1 aromatic rings. The predicted octanol–water partition coefficient (Wildman–Crippen LogP) is 0.726. The van der Waals surface area contributed by atoms with E-state index in [0.29, 0.717) is 11.6 Å². The summed E-state index contributed by atoms with van der Waals surface area (Å²) >= 11 is 0. The molecule has 1 aromatic carbocycles.